The minimum atomic E-state index is -0.683. The van der Waals surface area contributed by atoms with Gasteiger partial charge in [-0.3, -0.25) is 14.9 Å². The van der Waals surface area contributed by atoms with Crippen LogP contribution in [0.25, 0.3) is 22.6 Å². The van der Waals surface area contributed by atoms with Crippen LogP contribution in [0.4, 0.5) is 5.69 Å². The van der Waals surface area contributed by atoms with Gasteiger partial charge in [0.25, 0.3) is 0 Å². The summed E-state index contributed by atoms with van der Waals surface area (Å²) in [6, 6.07) is 3.52. The molecule has 0 atom stereocenters. The number of rotatable bonds is 2. The van der Waals surface area contributed by atoms with Crippen molar-refractivity contribution in [2.45, 2.75) is 0 Å². The molecule has 1 aromatic carbocycles. The summed E-state index contributed by atoms with van der Waals surface area (Å²) in [7, 11) is 0. The van der Waals surface area contributed by atoms with Gasteiger partial charge in [0, 0.05) is 17.2 Å². The van der Waals surface area contributed by atoms with Gasteiger partial charge in [-0.2, -0.15) is 5.21 Å². The molecule has 1 N–H and O–H groups in total. The van der Waals surface area contributed by atoms with Crippen molar-refractivity contribution in [3.63, 3.8) is 0 Å². The number of non-ortho nitro benzene ring substituents is 1. The minimum Gasteiger partial charge on any atom is -0.445 e. The van der Waals surface area contributed by atoms with Crippen LogP contribution < -0.4 is 5.43 Å². The lowest BCUT2D eigenvalue weighted by Gasteiger charge is -2.01. The second-order valence-corrected chi connectivity index (χ2v) is 4.21. The third-order valence-corrected chi connectivity index (χ3v) is 2.75. The zero-order chi connectivity index (χ0) is 14.3. The van der Waals surface area contributed by atoms with Crippen molar-refractivity contribution in [1.82, 2.24) is 20.6 Å². The van der Waals surface area contributed by atoms with Crippen LogP contribution in [0, 0.1) is 10.1 Å². The van der Waals surface area contributed by atoms with Gasteiger partial charge in [0.2, 0.25) is 11.4 Å². The van der Waals surface area contributed by atoms with Crippen LogP contribution in [0.1, 0.15) is 0 Å². The Morgan fingerprint density at radius 2 is 2.15 bits per heavy atom. The third-order valence-electron chi connectivity index (χ3n) is 2.54. The Morgan fingerprint density at radius 3 is 2.80 bits per heavy atom. The fourth-order valence-corrected chi connectivity index (χ4v) is 1.93. The van der Waals surface area contributed by atoms with E-state index in [-0.39, 0.29) is 27.6 Å². The molecule has 3 aromatic rings. The average molecular weight is 294 g/mol. The quantitative estimate of drug-likeness (QED) is 0.560. The van der Waals surface area contributed by atoms with E-state index in [0.717, 1.165) is 12.1 Å². The molecule has 0 unspecified atom stereocenters. The molecular weight excluding hydrogens is 290 g/mol. The molecule has 0 amide bonds. The molecule has 3 rings (SSSR count). The standard InChI is InChI=1S/C10H4ClN5O4/c11-4-1-5-7(17)3-8(10-12-14-15-13-10)20-9(5)6(2-4)16(18)19/h1-3H,(H,12,13,14,15). The van der Waals surface area contributed by atoms with Crippen LogP contribution >= 0.6 is 11.6 Å². The maximum atomic E-state index is 12.0. The number of tetrazole rings is 1. The smallest absolute Gasteiger partial charge is 0.313 e. The van der Waals surface area contributed by atoms with Crippen LogP contribution in [-0.2, 0) is 0 Å². The molecule has 2 heterocycles. The summed E-state index contributed by atoms with van der Waals surface area (Å²) in [5.74, 6) is -0.00470. The number of aromatic amines is 1. The second-order valence-electron chi connectivity index (χ2n) is 3.77. The monoisotopic (exact) mass is 293 g/mol. The van der Waals surface area contributed by atoms with Gasteiger partial charge >= 0.3 is 5.69 Å². The number of hydrogen-bond donors (Lipinski definition) is 1. The number of aromatic nitrogens is 4. The summed E-state index contributed by atoms with van der Waals surface area (Å²) in [6.45, 7) is 0. The van der Waals surface area contributed by atoms with Crippen LogP contribution in [0.2, 0.25) is 5.02 Å². The molecule has 0 aliphatic carbocycles. The number of nitro groups is 1. The molecule has 0 aliphatic heterocycles. The largest absolute Gasteiger partial charge is 0.445 e. The average Bonchev–Trinajstić information content (AvgIpc) is 2.92. The van der Waals surface area contributed by atoms with E-state index in [2.05, 4.69) is 20.6 Å². The van der Waals surface area contributed by atoms with E-state index in [0.29, 0.717) is 0 Å². The highest BCUT2D eigenvalue weighted by molar-refractivity contribution is 6.31. The van der Waals surface area contributed by atoms with Crippen molar-refractivity contribution >= 4 is 28.3 Å². The summed E-state index contributed by atoms with van der Waals surface area (Å²) in [4.78, 5) is 22.3. The van der Waals surface area contributed by atoms with Gasteiger partial charge in [-0.15, -0.1) is 10.2 Å². The lowest BCUT2D eigenvalue weighted by Crippen LogP contribution is -2.03. The molecule has 9 nitrogen and oxygen atoms in total. The Kier molecular flexibility index (Phi) is 2.68. The van der Waals surface area contributed by atoms with Gasteiger partial charge in [0.15, 0.2) is 11.2 Å². The van der Waals surface area contributed by atoms with Crippen LogP contribution in [0.3, 0.4) is 0 Å². The number of hydrogen-bond acceptors (Lipinski definition) is 7. The Balaban J connectivity index is 2.41. The Labute approximate surface area is 114 Å². The summed E-state index contributed by atoms with van der Waals surface area (Å²) in [6.07, 6.45) is 0. The maximum absolute atomic E-state index is 12.0. The first kappa shape index (κ1) is 12.2. The molecular formula is C10H4ClN5O4. The summed E-state index contributed by atoms with van der Waals surface area (Å²) >= 11 is 5.75. The zero-order valence-electron chi connectivity index (χ0n) is 9.53. The molecule has 20 heavy (non-hydrogen) atoms. The predicted molar refractivity (Wildman–Crippen MR) is 67.3 cm³/mol. The van der Waals surface area contributed by atoms with Crippen molar-refractivity contribution in [3.05, 3.63) is 43.6 Å². The van der Waals surface area contributed by atoms with Crippen molar-refractivity contribution < 1.29 is 9.34 Å². The first-order chi connectivity index (χ1) is 9.56. The lowest BCUT2D eigenvalue weighted by molar-refractivity contribution is -0.383. The molecule has 10 heteroatoms. The topological polar surface area (TPSA) is 128 Å². The third kappa shape index (κ3) is 1.89. The molecule has 0 aliphatic rings. The minimum absolute atomic E-state index is 0.0106. The Morgan fingerprint density at radius 1 is 1.35 bits per heavy atom. The van der Waals surface area contributed by atoms with E-state index in [4.69, 9.17) is 16.0 Å². The van der Waals surface area contributed by atoms with Crippen molar-refractivity contribution in [3.8, 4) is 11.6 Å². The highest BCUT2D eigenvalue weighted by atomic mass is 35.5. The van der Waals surface area contributed by atoms with Crippen molar-refractivity contribution in [1.29, 1.82) is 0 Å². The zero-order valence-corrected chi connectivity index (χ0v) is 10.3. The normalized spacial score (nSPS) is 10.8. The summed E-state index contributed by atoms with van der Waals surface area (Å²) < 4.78 is 5.35. The highest BCUT2D eigenvalue weighted by Crippen LogP contribution is 2.30. The Hall–Kier alpha value is -2.81. The lowest BCUT2D eigenvalue weighted by atomic mass is 10.2. The van der Waals surface area contributed by atoms with E-state index in [1.54, 1.807) is 0 Å². The van der Waals surface area contributed by atoms with E-state index in [1.807, 2.05) is 0 Å². The first-order valence-electron chi connectivity index (χ1n) is 5.22. The SMILES string of the molecule is O=c1cc(-c2nn[nH]n2)oc2c([N+](=O)[O-])cc(Cl)cc12. The van der Waals surface area contributed by atoms with E-state index >= 15 is 0 Å². The van der Waals surface area contributed by atoms with Crippen LogP contribution in [0.15, 0.2) is 27.4 Å². The fraction of sp³-hybridized carbons (Fsp3) is 0. The number of nitro benzene ring substituents is 1. The number of nitrogens with zero attached hydrogens (tertiary/aromatic N) is 4. The van der Waals surface area contributed by atoms with Crippen LogP contribution in [-0.4, -0.2) is 25.5 Å². The molecule has 0 spiro atoms. The molecule has 0 bridgehead atoms. The van der Waals surface area contributed by atoms with E-state index in [9.17, 15) is 14.9 Å². The molecule has 100 valence electrons. The van der Waals surface area contributed by atoms with Crippen LogP contribution in [0.5, 0.6) is 0 Å². The summed E-state index contributed by atoms with van der Waals surface area (Å²) in [5.41, 5.74) is -1.08. The first-order valence-corrected chi connectivity index (χ1v) is 5.59. The molecule has 0 saturated heterocycles. The van der Waals surface area contributed by atoms with Gasteiger partial charge in [0.1, 0.15) is 0 Å². The van der Waals surface area contributed by atoms with Gasteiger partial charge in [-0.1, -0.05) is 11.6 Å². The number of halogens is 1. The molecule has 2 aromatic heterocycles. The van der Waals surface area contributed by atoms with Gasteiger partial charge < -0.3 is 4.42 Å². The van der Waals surface area contributed by atoms with E-state index in [1.165, 1.54) is 6.07 Å². The number of benzene rings is 1. The highest BCUT2D eigenvalue weighted by Gasteiger charge is 2.20. The second kappa shape index (κ2) is 4.38. The van der Waals surface area contributed by atoms with Gasteiger partial charge in [0.05, 0.1) is 10.3 Å². The van der Waals surface area contributed by atoms with Gasteiger partial charge in [-0.25, -0.2) is 0 Å². The summed E-state index contributed by atoms with van der Waals surface area (Å²) in [5, 5.41) is 23.9. The number of H-pyrrole nitrogens is 1. The number of fused-ring (bicyclic) bond motifs is 1. The van der Waals surface area contributed by atoms with Crippen molar-refractivity contribution in [2.75, 3.05) is 0 Å². The molecule has 0 saturated carbocycles. The fourth-order valence-electron chi connectivity index (χ4n) is 1.72. The number of nitrogens with one attached hydrogen (secondary N) is 1. The van der Waals surface area contributed by atoms with Gasteiger partial charge in [-0.05, 0) is 11.3 Å². The van der Waals surface area contributed by atoms with Crippen molar-refractivity contribution in [2.24, 2.45) is 0 Å². The molecule has 0 fully saturated rings. The maximum Gasteiger partial charge on any atom is 0.313 e. The van der Waals surface area contributed by atoms with E-state index < -0.39 is 16.0 Å². The Bertz CT molecular complexity index is 873. The molecule has 0 radical (unpaired) electrons. The predicted octanol–water partition coefficient (Wildman–Crippen LogP) is 1.53.